The van der Waals surface area contributed by atoms with Crippen molar-refractivity contribution in [2.24, 2.45) is 0 Å². The number of rotatable bonds is 2. The van der Waals surface area contributed by atoms with Gasteiger partial charge >= 0.3 is 0 Å². The number of benzene rings is 1. The van der Waals surface area contributed by atoms with Crippen LogP contribution in [0.2, 0.25) is 0 Å². The van der Waals surface area contributed by atoms with Crippen LogP contribution in [-0.4, -0.2) is 4.98 Å². The third-order valence-electron chi connectivity index (χ3n) is 2.07. The van der Waals surface area contributed by atoms with Crippen LogP contribution in [0.15, 0.2) is 41.0 Å². The van der Waals surface area contributed by atoms with Gasteiger partial charge in [0.25, 0.3) is 0 Å². The Kier molecular flexibility index (Phi) is 3.26. The Balaban J connectivity index is 2.29. The summed E-state index contributed by atoms with van der Waals surface area (Å²) in [4.78, 5) is 4.01. The van der Waals surface area contributed by atoms with Gasteiger partial charge in [0.1, 0.15) is 6.07 Å². The molecule has 0 bridgehead atoms. The Morgan fingerprint density at radius 1 is 1.29 bits per heavy atom. The number of ether oxygens (including phenoxy) is 1. The largest absolute Gasteiger partial charge is 0.436 e. The number of hydrogen-bond donors (Lipinski definition) is 1. The normalized spacial score (nSPS) is 9.65. The highest BCUT2D eigenvalue weighted by Crippen LogP contribution is 2.34. The Hall–Kier alpha value is -2.06. The van der Waals surface area contributed by atoms with Crippen molar-refractivity contribution >= 4 is 21.6 Å². The number of pyridine rings is 1. The lowest BCUT2D eigenvalue weighted by molar-refractivity contribution is 0.462. The predicted octanol–water partition coefficient (Wildman–Crippen LogP) is 3.09. The lowest BCUT2D eigenvalue weighted by Crippen LogP contribution is -1.94. The maximum atomic E-state index is 8.65. The highest BCUT2D eigenvalue weighted by molar-refractivity contribution is 9.10. The summed E-state index contributed by atoms with van der Waals surface area (Å²) in [6.45, 7) is 0. The van der Waals surface area contributed by atoms with Crippen LogP contribution < -0.4 is 10.5 Å². The van der Waals surface area contributed by atoms with Gasteiger partial charge in [0.05, 0.1) is 15.7 Å². The molecule has 0 aliphatic heterocycles. The molecule has 1 aromatic heterocycles. The molecule has 2 rings (SSSR count). The van der Waals surface area contributed by atoms with Crippen molar-refractivity contribution in [1.29, 1.82) is 5.26 Å². The summed E-state index contributed by atoms with van der Waals surface area (Å²) in [6, 6.07) is 10.6. The van der Waals surface area contributed by atoms with E-state index in [1.807, 2.05) is 18.2 Å². The SMILES string of the molecule is N#Cc1ccc(Oc2c(N)cccc2Br)nc1. The molecule has 0 saturated heterocycles. The van der Waals surface area contributed by atoms with Crippen molar-refractivity contribution in [3.8, 4) is 17.7 Å². The molecular weight excluding hydrogens is 282 g/mol. The van der Waals surface area contributed by atoms with Crippen LogP contribution in [0.4, 0.5) is 5.69 Å². The topological polar surface area (TPSA) is 71.9 Å². The number of hydrogen-bond acceptors (Lipinski definition) is 4. The van der Waals surface area contributed by atoms with E-state index in [0.717, 1.165) is 4.47 Å². The molecule has 0 radical (unpaired) electrons. The fourth-order valence-electron chi connectivity index (χ4n) is 1.24. The van der Waals surface area contributed by atoms with Crippen molar-refractivity contribution in [1.82, 2.24) is 4.98 Å². The van der Waals surface area contributed by atoms with Gasteiger partial charge in [0.15, 0.2) is 5.75 Å². The van der Waals surface area contributed by atoms with Crippen LogP contribution in [0.5, 0.6) is 11.6 Å². The molecule has 84 valence electrons. The molecule has 1 aromatic carbocycles. The van der Waals surface area contributed by atoms with Gasteiger partial charge in [-0.2, -0.15) is 5.26 Å². The first-order valence-corrected chi connectivity index (χ1v) is 5.58. The quantitative estimate of drug-likeness (QED) is 0.863. The fourth-order valence-corrected chi connectivity index (χ4v) is 1.71. The van der Waals surface area contributed by atoms with Gasteiger partial charge in [-0.3, -0.25) is 0 Å². The minimum Gasteiger partial charge on any atom is -0.436 e. The maximum absolute atomic E-state index is 8.65. The van der Waals surface area contributed by atoms with E-state index in [2.05, 4.69) is 20.9 Å². The van der Waals surface area contributed by atoms with Gasteiger partial charge < -0.3 is 10.5 Å². The number of nitriles is 1. The molecule has 2 aromatic rings. The van der Waals surface area contributed by atoms with Crippen molar-refractivity contribution in [2.45, 2.75) is 0 Å². The Morgan fingerprint density at radius 3 is 2.71 bits per heavy atom. The zero-order valence-corrected chi connectivity index (χ0v) is 10.3. The van der Waals surface area contributed by atoms with Crippen molar-refractivity contribution in [3.63, 3.8) is 0 Å². The van der Waals surface area contributed by atoms with E-state index < -0.39 is 0 Å². The van der Waals surface area contributed by atoms with E-state index in [-0.39, 0.29) is 0 Å². The third-order valence-corrected chi connectivity index (χ3v) is 2.69. The standard InChI is InChI=1S/C12H8BrN3O/c13-9-2-1-3-10(15)12(9)17-11-5-4-8(6-14)7-16-11/h1-5,7H,15H2. The number of nitrogens with two attached hydrogens (primary N) is 1. The Labute approximate surface area is 107 Å². The third kappa shape index (κ3) is 2.55. The molecule has 0 aliphatic rings. The summed E-state index contributed by atoms with van der Waals surface area (Å²) < 4.78 is 6.30. The molecule has 4 nitrogen and oxygen atoms in total. The summed E-state index contributed by atoms with van der Waals surface area (Å²) in [5.74, 6) is 0.910. The van der Waals surface area contributed by atoms with Gasteiger partial charge in [-0.25, -0.2) is 4.98 Å². The second kappa shape index (κ2) is 4.85. The first-order valence-electron chi connectivity index (χ1n) is 4.78. The molecule has 2 N–H and O–H groups in total. The highest BCUT2D eigenvalue weighted by Gasteiger charge is 2.07. The van der Waals surface area contributed by atoms with Gasteiger partial charge in [-0.15, -0.1) is 0 Å². The van der Waals surface area contributed by atoms with Crippen molar-refractivity contribution in [3.05, 3.63) is 46.6 Å². The van der Waals surface area contributed by atoms with E-state index in [9.17, 15) is 0 Å². The predicted molar refractivity (Wildman–Crippen MR) is 67.6 cm³/mol. The first-order chi connectivity index (χ1) is 8.20. The first kappa shape index (κ1) is 11.4. The van der Waals surface area contributed by atoms with Crippen LogP contribution in [0, 0.1) is 11.3 Å². The van der Waals surface area contributed by atoms with E-state index in [4.69, 9.17) is 15.7 Å². The van der Waals surface area contributed by atoms with E-state index in [1.54, 1.807) is 18.2 Å². The second-order valence-corrected chi connectivity index (χ2v) is 4.11. The summed E-state index contributed by atoms with van der Waals surface area (Å²) >= 11 is 3.35. The van der Waals surface area contributed by atoms with Crippen LogP contribution in [-0.2, 0) is 0 Å². The van der Waals surface area contributed by atoms with Gasteiger partial charge in [0, 0.05) is 12.3 Å². The molecule has 0 saturated carbocycles. The van der Waals surface area contributed by atoms with Crippen LogP contribution in [0.25, 0.3) is 0 Å². The lowest BCUT2D eigenvalue weighted by Gasteiger charge is -2.08. The monoisotopic (exact) mass is 289 g/mol. The molecule has 0 atom stereocenters. The average Bonchev–Trinajstić information content (AvgIpc) is 2.35. The Morgan fingerprint density at radius 2 is 2.12 bits per heavy atom. The molecule has 17 heavy (non-hydrogen) atoms. The molecule has 1 heterocycles. The summed E-state index contributed by atoms with van der Waals surface area (Å²) in [7, 11) is 0. The van der Waals surface area contributed by atoms with Crippen molar-refractivity contribution < 1.29 is 4.74 Å². The molecule has 0 aliphatic carbocycles. The van der Waals surface area contributed by atoms with Crippen molar-refractivity contribution in [2.75, 3.05) is 5.73 Å². The van der Waals surface area contributed by atoms with Gasteiger partial charge in [0.2, 0.25) is 5.88 Å². The van der Waals surface area contributed by atoms with Gasteiger partial charge in [-0.1, -0.05) is 6.07 Å². The number of nitrogen functional groups attached to an aromatic ring is 1. The zero-order valence-electron chi connectivity index (χ0n) is 8.72. The molecule has 0 fully saturated rings. The fraction of sp³-hybridized carbons (Fsp3) is 0. The molecule has 0 unspecified atom stereocenters. The lowest BCUT2D eigenvalue weighted by atomic mass is 10.3. The molecule has 0 spiro atoms. The summed E-state index contributed by atoms with van der Waals surface area (Å²) in [5.41, 5.74) is 6.79. The maximum Gasteiger partial charge on any atom is 0.219 e. The molecular formula is C12H8BrN3O. The number of halogens is 1. The average molecular weight is 290 g/mol. The summed E-state index contributed by atoms with van der Waals surface area (Å²) in [5, 5.41) is 8.65. The number of anilines is 1. The molecule has 5 heteroatoms. The minimum absolute atomic E-state index is 0.391. The van der Waals surface area contributed by atoms with Crippen LogP contribution in [0.3, 0.4) is 0 Å². The highest BCUT2D eigenvalue weighted by atomic mass is 79.9. The van der Waals surface area contributed by atoms with Crippen LogP contribution in [0.1, 0.15) is 5.56 Å². The van der Waals surface area contributed by atoms with Crippen LogP contribution >= 0.6 is 15.9 Å². The van der Waals surface area contributed by atoms with Gasteiger partial charge in [-0.05, 0) is 34.1 Å². The van der Waals surface area contributed by atoms with E-state index in [1.165, 1.54) is 6.20 Å². The van der Waals surface area contributed by atoms with E-state index >= 15 is 0 Å². The minimum atomic E-state index is 0.391. The van der Waals surface area contributed by atoms with E-state index in [0.29, 0.717) is 22.9 Å². The summed E-state index contributed by atoms with van der Waals surface area (Å²) in [6.07, 6.45) is 1.45. The number of aromatic nitrogens is 1. The Bertz CT molecular complexity index is 555. The smallest absolute Gasteiger partial charge is 0.219 e. The second-order valence-electron chi connectivity index (χ2n) is 3.26. The number of para-hydroxylation sites is 1. The zero-order chi connectivity index (χ0) is 12.3. The number of nitrogens with zero attached hydrogens (tertiary/aromatic N) is 2. The molecule has 0 amide bonds.